The van der Waals surface area contributed by atoms with Gasteiger partial charge in [-0.1, -0.05) is 0 Å². The van der Waals surface area contributed by atoms with Crippen molar-refractivity contribution in [3.05, 3.63) is 101 Å². The Hall–Kier alpha value is -2.55. The summed E-state index contributed by atoms with van der Waals surface area (Å²) in [4.78, 5) is 13.0. The molecule has 0 aliphatic rings. The predicted molar refractivity (Wildman–Crippen MR) is 125 cm³/mol. The van der Waals surface area contributed by atoms with E-state index in [9.17, 15) is 15.0 Å². The van der Waals surface area contributed by atoms with Gasteiger partial charge in [0.25, 0.3) is 0 Å². The zero-order chi connectivity index (χ0) is 22.2. The molecule has 5 heteroatoms. The first-order valence-corrected chi connectivity index (χ1v) is 11.6. The molecule has 1 amide bonds. The Morgan fingerprint density at radius 2 is 1.48 bits per heavy atom. The topological polar surface area (TPSA) is 69.6 Å². The first-order chi connectivity index (χ1) is 14.9. The van der Waals surface area contributed by atoms with Crippen molar-refractivity contribution in [2.24, 2.45) is 0 Å². The summed E-state index contributed by atoms with van der Waals surface area (Å²) in [7, 11) is 0. The third kappa shape index (κ3) is 6.72. The monoisotopic (exact) mass is 477 g/mol. The van der Waals surface area contributed by atoms with Crippen molar-refractivity contribution in [3.8, 4) is 5.75 Å². The van der Waals surface area contributed by atoms with Gasteiger partial charge in [-0.3, -0.25) is 0 Å². The zero-order valence-electron chi connectivity index (χ0n) is 17.6. The third-order valence-electron chi connectivity index (χ3n) is 5.46. The summed E-state index contributed by atoms with van der Waals surface area (Å²) in [6.07, 6.45) is 1.20. The predicted octanol–water partition coefficient (Wildman–Crippen LogP) is 3.99. The first kappa shape index (κ1) is 23.1. The minimum absolute atomic E-state index is 0.0848. The maximum absolute atomic E-state index is 13.0. The molecule has 3 atom stereocenters. The summed E-state index contributed by atoms with van der Waals surface area (Å²) < 4.78 is 0.197. The number of nitrogens with one attached hydrogen (secondary N) is 1. The maximum atomic E-state index is 13.0. The standard InChI is InChI=1S/C26H28AsNO3/c1-18-22(13-8-14-24(18)29)26(31)28-23(16-20-11-6-3-7-12-20)25(30)17-21(27)15-19-9-4-2-5-10-19/h2-14,21,23,25,29-30H,15-17H2,1H3,(H,28,31)/t21-,23-,25-/m0/s1. The number of amides is 1. The molecular formula is C26H28AsNO3. The van der Waals surface area contributed by atoms with Gasteiger partial charge in [0.05, 0.1) is 0 Å². The number of phenolic OH excluding ortho intramolecular Hbond substituents is 1. The van der Waals surface area contributed by atoms with E-state index < -0.39 is 12.1 Å². The Kier molecular flexibility index (Phi) is 8.33. The number of hydrogen-bond acceptors (Lipinski definition) is 3. The number of benzene rings is 3. The Labute approximate surface area is 192 Å². The molecule has 0 aromatic heterocycles. The Morgan fingerprint density at radius 3 is 2.10 bits per heavy atom. The fourth-order valence-electron chi connectivity index (χ4n) is 3.68. The van der Waals surface area contributed by atoms with E-state index in [-0.39, 0.29) is 16.4 Å². The molecule has 0 aliphatic carbocycles. The molecule has 3 rings (SSSR count). The average Bonchev–Trinajstić information content (AvgIpc) is 2.76. The third-order valence-corrected chi connectivity index (χ3v) is 6.28. The van der Waals surface area contributed by atoms with Crippen molar-refractivity contribution >= 4 is 22.8 Å². The van der Waals surface area contributed by atoms with E-state index in [0.717, 1.165) is 12.0 Å². The van der Waals surface area contributed by atoms with Crippen LogP contribution < -0.4 is 5.32 Å². The van der Waals surface area contributed by atoms with E-state index in [4.69, 9.17) is 0 Å². The van der Waals surface area contributed by atoms with E-state index in [1.165, 1.54) is 5.56 Å². The minimum atomic E-state index is -0.710. The molecule has 0 unspecified atom stereocenters. The van der Waals surface area contributed by atoms with Gasteiger partial charge in [0.15, 0.2) is 0 Å². The van der Waals surface area contributed by atoms with Crippen LogP contribution >= 0.6 is 0 Å². The molecule has 4 nitrogen and oxygen atoms in total. The van der Waals surface area contributed by atoms with Gasteiger partial charge < -0.3 is 0 Å². The number of aliphatic hydroxyl groups excluding tert-OH is 1. The molecule has 0 saturated carbocycles. The molecular weight excluding hydrogens is 449 g/mol. The van der Waals surface area contributed by atoms with Gasteiger partial charge in [-0.25, -0.2) is 0 Å². The van der Waals surface area contributed by atoms with Crippen molar-refractivity contribution in [2.75, 3.05) is 0 Å². The van der Waals surface area contributed by atoms with Crippen molar-refractivity contribution in [3.63, 3.8) is 0 Å². The summed E-state index contributed by atoms with van der Waals surface area (Å²) in [5.74, 6) is -0.208. The SMILES string of the molecule is Cc1c(O)cccc1C(=O)N[C@@H](Cc1ccccc1)[C@@H](O)C[C@@H]([As])Cc1ccccc1. The molecule has 0 heterocycles. The van der Waals surface area contributed by atoms with Gasteiger partial charge in [-0.2, -0.15) is 0 Å². The van der Waals surface area contributed by atoms with Crippen LogP contribution in [0.1, 0.15) is 33.5 Å². The van der Waals surface area contributed by atoms with Crippen LogP contribution in [-0.4, -0.2) is 45.1 Å². The van der Waals surface area contributed by atoms with Crippen molar-refractivity contribution in [1.82, 2.24) is 5.32 Å². The van der Waals surface area contributed by atoms with Gasteiger partial charge in [0, 0.05) is 0 Å². The number of rotatable bonds is 9. The molecule has 3 N–H and O–H groups in total. The summed E-state index contributed by atoms with van der Waals surface area (Å²) in [6.45, 7) is 1.71. The average molecular weight is 477 g/mol. The molecule has 31 heavy (non-hydrogen) atoms. The van der Waals surface area contributed by atoms with Gasteiger partial charge in [-0.05, 0) is 0 Å². The van der Waals surface area contributed by atoms with Crippen LogP contribution in [0.25, 0.3) is 0 Å². The van der Waals surface area contributed by atoms with Crippen LogP contribution in [0.5, 0.6) is 5.75 Å². The van der Waals surface area contributed by atoms with Gasteiger partial charge in [0.1, 0.15) is 0 Å². The number of carbonyl (C=O) groups excluding carboxylic acids is 1. The van der Waals surface area contributed by atoms with E-state index in [1.54, 1.807) is 25.1 Å². The van der Waals surface area contributed by atoms with E-state index >= 15 is 0 Å². The van der Waals surface area contributed by atoms with Crippen molar-refractivity contribution < 1.29 is 15.0 Å². The van der Waals surface area contributed by atoms with Gasteiger partial charge in [0.2, 0.25) is 0 Å². The van der Waals surface area contributed by atoms with Gasteiger partial charge >= 0.3 is 193 Å². The first-order valence-electron chi connectivity index (χ1n) is 10.5. The van der Waals surface area contributed by atoms with Crippen molar-refractivity contribution in [2.45, 2.75) is 43.0 Å². The molecule has 0 spiro atoms. The van der Waals surface area contributed by atoms with Crippen LogP contribution in [0, 0.1) is 6.92 Å². The second kappa shape index (κ2) is 11.2. The summed E-state index contributed by atoms with van der Waals surface area (Å²) in [5.41, 5.74) is 3.21. The fraction of sp³-hybridized carbons (Fsp3) is 0.269. The van der Waals surface area contributed by atoms with E-state index in [1.807, 2.05) is 48.5 Å². The fourth-order valence-corrected chi connectivity index (χ4v) is 4.57. The van der Waals surface area contributed by atoms with E-state index in [0.29, 0.717) is 24.0 Å². The Bertz CT molecular complexity index is 978. The number of carbonyl (C=O) groups is 1. The van der Waals surface area contributed by atoms with Crippen LogP contribution in [0.15, 0.2) is 78.9 Å². The second-order valence-corrected chi connectivity index (χ2v) is 9.40. The van der Waals surface area contributed by atoms with E-state index in [2.05, 4.69) is 34.3 Å². The second-order valence-electron chi connectivity index (χ2n) is 7.87. The van der Waals surface area contributed by atoms with Crippen LogP contribution in [0.4, 0.5) is 0 Å². The summed E-state index contributed by atoms with van der Waals surface area (Å²) >= 11 is 2.65. The summed E-state index contributed by atoms with van der Waals surface area (Å²) in [5, 5.41) is 24.0. The Morgan fingerprint density at radius 1 is 0.903 bits per heavy atom. The zero-order valence-corrected chi connectivity index (χ0v) is 19.5. The van der Waals surface area contributed by atoms with Crippen LogP contribution in [0.2, 0.25) is 4.71 Å². The number of aliphatic hydroxyl groups is 1. The number of hydrogen-bond donors (Lipinski definition) is 3. The molecule has 0 aliphatic heterocycles. The van der Waals surface area contributed by atoms with Crippen LogP contribution in [0.3, 0.4) is 0 Å². The Balaban J connectivity index is 1.73. The molecule has 0 fully saturated rings. The quantitative estimate of drug-likeness (QED) is 0.409. The molecule has 0 saturated heterocycles. The van der Waals surface area contributed by atoms with Crippen LogP contribution in [-0.2, 0) is 12.8 Å². The summed E-state index contributed by atoms with van der Waals surface area (Å²) in [6, 6.07) is 24.5. The van der Waals surface area contributed by atoms with Crippen molar-refractivity contribution in [1.29, 1.82) is 0 Å². The number of phenols is 1. The number of aromatic hydroxyl groups is 1. The molecule has 160 valence electrons. The normalized spacial score (nSPS) is 13.9. The molecule has 2 radical (unpaired) electrons. The molecule has 0 bridgehead atoms. The van der Waals surface area contributed by atoms with Gasteiger partial charge in [-0.15, -0.1) is 0 Å². The molecule has 3 aromatic rings. The molecule has 3 aromatic carbocycles.